The van der Waals surface area contributed by atoms with Crippen molar-refractivity contribution in [2.75, 3.05) is 0 Å². The topological polar surface area (TPSA) is 72.2 Å². The van der Waals surface area contributed by atoms with Gasteiger partial charge in [-0.3, -0.25) is 14.9 Å². The van der Waals surface area contributed by atoms with Crippen LogP contribution in [0.15, 0.2) is 48.5 Å². The van der Waals surface area contributed by atoms with E-state index in [4.69, 9.17) is 0 Å². The third-order valence-electron chi connectivity index (χ3n) is 2.85. The molecule has 0 aliphatic rings. The zero-order chi connectivity index (χ0) is 15.2. The molecule has 6 heteroatoms. The summed E-state index contributed by atoms with van der Waals surface area (Å²) in [4.78, 5) is 22.6. The molecule has 0 saturated heterocycles. The molecule has 1 aromatic carbocycles. The molecule has 1 amide bonds. The van der Waals surface area contributed by atoms with Crippen molar-refractivity contribution in [3.8, 4) is 0 Å². The number of thiophene rings is 1. The van der Waals surface area contributed by atoms with Gasteiger partial charge in [0.05, 0.1) is 11.0 Å². The third kappa shape index (κ3) is 4.25. The average molecular weight is 302 g/mol. The minimum atomic E-state index is -0.445. The van der Waals surface area contributed by atoms with Gasteiger partial charge in [-0.2, -0.15) is 0 Å². The molecule has 1 N–H and O–H groups in total. The fourth-order valence-electron chi connectivity index (χ4n) is 1.77. The molecular weight excluding hydrogens is 288 g/mol. The number of carbonyl (C=O) groups is 1. The molecule has 0 saturated carbocycles. The summed E-state index contributed by atoms with van der Waals surface area (Å²) in [6.07, 6.45) is 2.96. The molecule has 0 bridgehead atoms. The highest BCUT2D eigenvalue weighted by atomic mass is 32.1. The van der Waals surface area contributed by atoms with Gasteiger partial charge in [-0.1, -0.05) is 41.7 Å². The van der Waals surface area contributed by atoms with Crippen molar-refractivity contribution >= 4 is 28.3 Å². The van der Waals surface area contributed by atoms with E-state index in [1.807, 2.05) is 37.3 Å². The first kappa shape index (κ1) is 14.9. The van der Waals surface area contributed by atoms with E-state index >= 15 is 0 Å². The van der Waals surface area contributed by atoms with E-state index in [0.717, 1.165) is 16.9 Å². The van der Waals surface area contributed by atoms with Crippen molar-refractivity contribution < 1.29 is 9.72 Å². The number of hydrogen-bond acceptors (Lipinski definition) is 4. The molecule has 21 heavy (non-hydrogen) atoms. The zero-order valence-electron chi connectivity index (χ0n) is 11.4. The van der Waals surface area contributed by atoms with Crippen LogP contribution >= 0.6 is 11.3 Å². The Balaban J connectivity index is 1.94. The Morgan fingerprint density at radius 1 is 1.29 bits per heavy atom. The predicted octanol–water partition coefficient (Wildman–Crippen LogP) is 3.55. The molecular formula is C15H14N2O3S. The molecule has 1 aromatic heterocycles. The number of nitrogens with one attached hydrogen (secondary N) is 1. The number of benzene rings is 1. The normalized spacial score (nSPS) is 12.2. The summed E-state index contributed by atoms with van der Waals surface area (Å²) in [7, 11) is 0. The van der Waals surface area contributed by atoms with Crippen molar-refractivity contribution in [2.24, 2.45) is 0 Å². The van der Waals surface area contributed by atoms with Gasteiger partial charge in [0.2, 0.25) is 5.91 Å². The number of carbonyl (C=O) groups excluding carboxylic acids is 1. The van der Waals surface area contributed by atoms with Crippen LogP contribution in [0.25, 0.3) is 6.08 Å². The second-order valence-electron chi connectivity index (χ2n) is 4.41. The van der Waals surface area contributed by atoms with Gasteiger partial charge < -0.3 is 5.32 Å². The Labute approximate surface area is 126 Å². The largest absolute Gasteiger partial charge is 0.346 e. The fraction of sp³-hybridized carbons (Fsp3) is 0.133. The summed E-state index contributed by atoms with van der Waals surface area (Å²) in [5.41, 5.74) is 1.02. The van der Waals surface area contributed by atoms with Crippen LogP contribution in [0.2, 0.25) is 0 Å². The highest BCUT2D eigenvalue weighted by Crippen LogP contribution is 2.24. The molecule has 0 aliphatic carbocycles. The van der Waals surface area contributed by atoms with Gasteiger partial charge in [0.1, 0.15) is 0 Å². The van der Waals surface area contributed by atoms with Crippen molar-refractivity contribution in [1.82, 2.24) is 5.32 Å². The first-order valence-corrected chi connectivity index (χ1v) is 7.15. The van der Waals surface area contributed by atoms with E-state index in [9.17, 15) is 14.9 Å². The summed E-state index contributed by atoms with van der Waals surface area (Å²) in [5.74, 6) is -0.234. The van der Waals surface area contributed by atoms with Gasteiger partial charge in [0.25, 0.3) is 0 Å². The van der Waals surface area contributed by atoms with Crippen LogP contribution in [-0.4, -0.2) is 10.8 Å². The fourth-order valence-corrected chi connectivity index (χ4v) is 2.50. The lowest BCUT2D eigenvalue weighted by Gasteiger charge is -2.12. The molecule has 5 nitrogen and oxygen atoms in total. The van der Waals surface area contributed by atoms with Crippen molar-refractivity contribution in [3.05, 3.63) is 69.1 Å². The smallest absolute Gasteiger partial charge is 0.324 e. The van der Waals surface area contributed by atoms with Crippen molar-refractivity contribution in [1.29, 1.82) is 0 Å². The van der Waals surface area contributed by atoms with Gasteiger partial charge in [-0.05, 0) is 24.6 Å². The van der Waals surface area contributed by atoms with Gasteiger partial charge in [-0.15, -0.1) is 0 Å². The first-order valence-electron chi connectivity index (χ1n) is 6.34. The molecule has 0 fully saturated rings. The van der Waals surface area contributed by atoms with Crippen LogP contribution in [0.5, 0.6) is 0 Å². The van der Waals surface area contributed by atoms with E-state index in [1.54, 1.807) is 12.1 Å². The number of hydrogen-bond donors (Lipinski definition) is 1. The monoisotopic (exact) mass is 302 g/mol. The van der Waals surface area contributed by atoms with Crippen LogP contribution in [0, 0.1) is 10.1 Å². The Bertz CT molecular complexity index is 665. The predicted molar refractivity (Wildman–Crippen MR) is 83.0 cm³/mol. The van der Waals surface area contributed by atoms with Crippen molar-refractivity contribution in [2.45, 2.75) is 13.0 Å². The van der Waals surface area contributed by atoms with Crippen LogP contribution in [0.3, 0.4) is 0 Å². The number of amides is 1. The second kappa shape index (κ2) is 6.81. The van der Waals surface area contributed by atoms with Crippen LogP contribution in [-0.2, 0) is 4.79 Å². The summed E-state index contributed by atoms with van der Waals surface area (Å²) in [6, 6.07) is 12.6. The summed E-state index contributed by atoms with van der Waals surface area (Å²) in [5, 5.41) is 13.5. The van der Waals surface area contributed by atoms with Gasteiger partial charge >= 0.3 is 5.00 Å². The standard InChI is InChI=1S/C15H14N2O3S/c1-11(12-5-3-2-4-6-12)16-14(18)9-7-13-8-10-15(21-13)17(19)20/h2-11H,1H3,(H,16,18)/b9-7+. The van der Waals surface area contributed by atoms with Gasteiger partial charge in [-0.25, -0.2) is 0 Å². The Hall–Kier alpha value is -2.47. The van der Waals surface area contributed by atoms with Crippen LogP contribution in [0.4, 0.5) is 5.00 Å². The maximum atomic E-state index is 11.8. The van der Waals surface area contributed by atoms with E-state index in [1.165, 1.54) is 12.1 Å². The highest BCUT2D eigenvalue weighted by molar-refractivity contribution is 7.16. The zero-order valence-corrected chi connectivity index (χ0v) is 12.2. The summed E-state index contributed by atoms with van der Waals surface area (Å²) < 4.78 is 0. The number of nitro groups is 1. The molecule has 2 rings (SSSR count). The molecule has 1 heterocycles. The minimum Gasteiger partial charge on any atom is -0.346 e. The highest BCUT2D eigenvalue weighted by Gasteiger charge is 2.09. The Morgan fingerprint density at radius 2 is 2.00 bits per heavy atom. The lowest BCUT2D eigenvalue weighted by molar-refractivity contribution is -0.380. The molecule has 0 aliphatic heterocycles. The molecule has 108 valence electrons. The van der Waals surface area contributed by atoms with E-state index in [0.29, 0.717) is 4.88 Å². The van der Waals surface area contributed by atoms with Crippen LogP contribution in [0.1, 0.15) is 23.4 Å². The molecule has 1 atom stereocenters. The maximum absolute atomic E-state index is 11.8. The Kier molecular flexibility index (Phi) is 4.84. The summed E-state index contributed by atoms with van der Waals surface area (Å²) >= 11 is 1.03. The van der Waals surface area contributed by atoms with Crippen molar-refractivity contribution in [3.63, 3.8) is 0 Å². The van der Waals surface area contributed by atoms with E-state index in [-0.39, 0.29) is 17.0 Å². The SMILES string of the molecule is CC(NC(=O)/C=C/c1ccc([N+](=O)[O-])s1)c1ccccc1. The quantitative estimate of drug-likeness (QED) is 0.521. The van der Waals surface area contributed by atoms with Crippen LogP contribution < -0.4 is 5.32 Å². The first-order chi connectivity index (χ1) is 10.1. The minimum absolute atomic E-state index is 0.0627. The molecule has 2 aromatic rings. The number of nitrogens with zero attached hydrogens (tertiary/aromatic N) is 1. The maximum Gasteiger partial charge on any atom is 0.324 e. The third-order valence-corrected chi connectivity index (χ3v) is 3.85. The van der Waals surface area contributed by atoms with Gasteiger partial charge in [0, 0.05) is 17.0 Å². The summed E-state index contributed by atoms with van der Waals surface area (Å²) in [6.45, 7) is 1.90. The average Bonchev–Trinajstić information content (AvgIpc) is 2.95. The second-order valence-corrected chi connectivity index (χ2v) is 5.50. The molecule has 0 spiro atoms. The lowest BCUT2D eigenvalue weighted by Crippen LogP contribution is -2.24. The Morgan fingerprint density at radius 3 is 2.62 bits per heavy atom. The van der Waals surface area contributed by atoms with E-state index in [2.05, 4.69) is 5.32 Å². The lowest BCUT2D eigenvalue weighted by atomic mass is 10.1. The molecule has 0 radical (unpaired) electrons. The molecule has 1 unspecified atom stereocenters. The van der Waals surface area contributed by atoms with Gasteiger partial charge in [0.15, 0.2) is 0 Å². The van der Waals surface area contributed by atoms with E-state index < -0.39 is 4.92 Å². The number of rotatable bonds is 5.